The molecule has 0 aliphatic heterocycles. The van der Waals surface area contributed by atoms with E-state index in [4.69, 9.17) is 0 Å². The first-order valence-corrected chi connectivity index (χ1v) is 6.50. The zero-order valence-electron chi connectivity index (χ0n) is 10.9. The molecule has 7 heteroatoms. The standard InChI is InChI=1S/C13H12N2O4S/c1-18-12(16)9(13(17)19-2)6-14-8-3-4-10-11(5-8)20-7-15-10/h3-7,14H,1-2H3. The molecule has 0 saturated heterocycles. The third-order valence-electron chi connectivity index (χ3n) is 2.53. The summed E-state index contributed by atoms with van der Waals surface area (Å²) >= 11 is 1.50. The van der Waals surface area contributed by atoms with Crippen LogP contribution in [-0.4, -0.2) is 31.1 Å². The summed E-state index contributed by atoms with van der Waals surface area (Å²) in [6.45, 7) is 0. The Morgan fingerprint density at radius 1 is 1.25 bits per heavy atom. The van der Waals surface area contributed by atoms with Crippen LogP contribution in [0.1, 0.15) is 0 Å². The second-order valence-corrected chi connectivity index (χ2v) is 4.61. The van der Waals surface area contributed by atoms with Gasteiger partial charge in [-0.3, -0.25) is 0 Å². The Balaban J connectivity index is 2.23. The number of thiazole rings is 1. The Morgan fingerprint density at radius 3 is 2.60 bits per heavy atom. The number of aromatic nitrogens is 1. The first-order chi connectivity index (χ1) is 9.65. The number of nitrogens with zero attached hydrogens (tertiary/aromatic N) is 1. The Kier molecular flexibility index (Phi) is 4.31. The van der Waals surface area contributed by atoms with Gasteiger partial charge in [-0.25, -0.2) is 14.6 Å². The summed E-state index contributed by atoms with van der Waals surface area (Å²) in [5.74, 6) is -1.52. The molecule has 0 unspecified atom stereocenters. The van der Waals surface area contributed by atoms with E-state index >= 15 is 0 Å². The molecule has 1 N–H and O–H groups in total. The minimum Gasteiger partial charge on any atom is -0.465 e. The van der Waals surface area contributed by atoms with Gasteiger partial charge in [-0.15, -0.1) is 11.3 Å². The molecule has 0 atom stereocenters. The van der Waals surface area contributed by atoms with Gasteiger partial charge in [0.1, 0.15) is 0 Å². The molecule has 0 amide bonds. The van der Waals surface area contributed by atoms with Gasteiger partial charge in [0.15, 0.2) is 5.57 Å². The zero-order chi connectivity index (χ0) is 14.5. The van der Waals surface area contributed by atoms with Crippen molar-refractivity contribution in [2.24, 2.45) is 0 Å². The van der Waals surface area contributed by atoms with E-state index in [2.05, 4.69) is 19.8 Å². The van der Waals surface area contributed by atoms with Crippen LogP contribution in [0.25, 0.3) is 10.2 Å². The van der Waals surface area contributed by atoms with Gasteiger partial charge in [0, 0.05) is 11.9 Å². The first kappa shape index (κ1) is 14.0. The molecular formula is C13H12N2O4S. The molecule has 104 valence electrons. The van der Waals surface area contributed by atoms with Gasteiger partial charge in [0.25, 0.3) is 0 Å². The molecule has 0 radical (unpaired) electrons. The van der Waals surface area contributed by atoms with Crippen LogP contribution in [0.2, 0.25) is 0 Å². The maximum absolute atomic E-state index is 11.5. The molecule has 0 aliphatic rings. The summed E-state index contributed by atoms with van der Waals surface area (Å²) in [7, 11) is 2.39. The molecule has 2 rings (SSSR count). The summed E-state index contributed by atoms with van der Waals surface area (Å²) in [5.41, 5.74) is 3.16. The number of nitrogens with one attached hydrogen (secondary N) is 1. The van der Waals surface area contributed by atoms with E-state index in [-0.39, 0.29) is 5.57 Å². The molecular weight excluding hydrogens is 280 g/mol. The van der Waals surface area contributed by atoms with Crippen molar-refractivity contribution < 1.29 is 19.1 Å². The number of fused-ring (bicyclic) bond motifs is 1. The lowest BCUT2D eigenvalue weighted by atomic mass is 10.2. The third kappa shape index (κ3) is 2.94. The van der Waals surface area contributed by atoms with Crippen LogP contribution in [-0.2, 0) is 19.1 Å². The quantitative estimate of drug-likeness (QED) is 0.401. The van der Waals surface area contributed by atoms with Crippen LogP contribution in [0.4, 0.5) is 5.69 Å². The number of anilines is 1. The number of methoxy groups -OCH3 is 2. The highest BCUT2D eigenvalue weighted by atomic mass is 32.1. The van der Waals surface area contributed by atoms with Crippen LogP contribution in [0.15, 0.2) is 35.5 Å². The van der Waals surface area contributed by atoms with Gasteiger partial charge in [0.05, 0.1) is 29.9 Å². The topological polar surface area (TPSA) is 77.5 Å². The number of hydrogen-bond donors (Lipinski definition) is 1. The average molecular weight is 292 g/mol. The maximum Gasteiger partial charge on any atom is 0.346 e. The van der Waals surface area contributed by atoms with Gasteiger partial charge in [-0.2, -0.15) is 0 Å². The Bertz CT molecular complexity index is 660. The molecule has 1 heterocycles. The number of hydrogen-bond acceptors (Lipinski definition) is 7. The predicted octanol–water partition coefficient (Wildman–Crippen LogP) is 1.94. The van der Waals surface area contributed by atoms with Crippen molar-refractivity contribution in [2.45, 2.75) is 0 Å². The summed E-state index contributed by atoms with van der Waals surface area (Å²) in [6.07, 6.45) is 1.26. The van der Waals surface area contributed by atoms with Crippen LogP contribution in [0, 0.1) is 0 Å². The highest BCUT2D eigenvalue weighted by molar-refractivity contribution is 7.16. The van der Waals surface area contributed by atoms with E-state index in [1.54, 1.807) is 11.6 Å². The summed E-state index contributed by atoms with van der Waals surface area (Å²) in [6, 6.07) is 5.51. The number of carbonyl (C=O) groups is 2. The highest BCUT2D eigenvalue weighted by Crippen LogP contribution is 2.22. The molecule has 2 aromatic rings. The molecule has 20 heavy (non-hydrogen) atoms. The fourth-order valence-corrected chi connectivity index (χ4v) is 2.24. The van der Waals surface area contributed by atoms with E-state index in [0.29, 0.717) is 0 Å². The predicted molar refractivity (Wildman–Crippen MR) is 75.4 cm³/mol. The summed E-state index contributed by atoms with van der Waals surface area (Å²) < 4.78 is 10.1. The molecule has 0 aliphatic carbocycles. The Labute approximate surface area is 119 Å². The van der Waals surface area contributed by atoms with Gasteiger partial charge < -0.3 is 14.8 Å². The molecule has 0 spiro atoms. The van der Waals surface area contributed by atoms with Crippen molar-refractivity contribution >= 4 is 39.2 Å². The van der Waals surface area contributed by atoms with Crippen molar-refractivity contribution in [1.29, 1.82) is 0 Å². The molecule has 0 bridgehead atoms. The fraction of sp³-hybridized carbons (Fsp3) is 0.154. The van der Waals surface area contributed by atoms with Crippen LogP contribution in [0.3, 0.4) is 0 Å². The SMILES string of the molecule is COC(=O)C(=CNc1ccc2ncsc2c1)C(=O)OC. The smallest absolute Gasteiger partial charge is 0.346 e. The van der Waals surface area contributed by atoms with Gasteiger partial charge in [0.2, 0.25) is 0 Å². The van der Waals surface area contributed by atoms with E-state index in [9.17, 15) is 9.59 Å². The van der Waals surface area contributed by atoms with Gasteiger partial charge >= 0.3 is 11.9 Å². The van der Waals surface area contributed by atoms with Gasteiger partial charge in [-0.1, -0.05) is 0 Å². The lowest BCUT2D eigenvalue weighted by Gasteiger charge is -2.05. The molecule has 1 aromatic carbocycles. The molecule has 0 saturated carbocycles. The fourth-order valence-electron chi connectivity index (χ4n) is 1.52. The number of carbonyl (C=O) groups excluding carboxylic acids is 2. The van der Waals surface area contributed by atoms with Crippen LogP contribution in [0.5, 0.6) is 0 Å². The largest absolute Gasteiger partial charge is 0.465 e. The van der Waals surface area contributed by atoms with E-state index < -0.39 is 11.9 Å². The van der Waals surface area contributed by atoms with Crippen molar-refractivity contribution in [3.63, 3.8) is 0 Å². The minimum absolute atomic E-state index is 0.209. The van der Waals surface area contributed by atoms with Crippen molar-refractivity contribution in [3.05, 3.63) is 35.5 Å². The lowest BCUT2D eigenvalue weighted by molar-refractivity contribution is -0.144. The average Bonchev–Trinajstić information content (AvgIpc) is 2.94. The van der Waals surface area contributed by atoms with E-state index in [1.165, 1.54) is 31.8 Å². The molecule has 1 aromatic heterocycles. The van der Waals surface area contributed by atoms with Crippen molar-refractivity contribution in [3.8, 4) is 0 Å². The second-order valence-electron chi connectivity index (χ2n) is 3.72. The van der Waals surface area contributed by atoms with Crippen molar-refractivity contribution in [1.82, 2.24) is 4.98 Å². The molecule has 6 nitrogen and oxygen atoms in total. The number of benzene rings is 1. The third-order valence-corrected chi connectivity index (χ3v) is 3.32. The number of rotatable bonds is 4. The van der Waals surface area contributed by atoms with Crippen LogP contribution < -0.4 is 5.32 Å². The normalized spacial score (nSPS) is 9.90. The number of ether oxygens (including phenoxy) is 2. The lowest BCUT2D eigenvalue weighted by Crippen LogP contribution is -2.17. The maximum atomic E-state index is 11.5. The Morgan fingerprint density at radius 2 is 1.95 bits per heavy atom. The van der Waals surface area contributed by atoms with Gasteiger partial charge in [-0.05, 0) is 18.2 Å². The van der Waals surface area contributed by atoms with Crippen LogP contribution >= 0.6 is 11.3 Å². The summed E-state index contributed by atoms with van der Waals surface area (Å²) in [5, 5.41) is 2.87. The highest BCUT2D eigenvalue weighted by Gasteiger charge is 2.19. The summed E-state index contributed by atoms with van der Waals surface area (Å²) in [4.78, 5) is 27.1. The van der Waals surface area contributed by atoms with E-state index in [0.717, 1.165) is 15.9 Å². The monoisotopic (exact) mass is 292 g/mol. The van der Waals surface area contributed by atoms with Crippen molar-refractivity contribution in [2.75, 3.05) is 19.5 Å². The minimum atomic E-state index is -0.761. The second kappa shape index (κ2) is 6.16. The first-order valence-electron chi connectivity index (χ1n) is 5.62. The number of esters is 2. The Hall–Kier alpha value is -2.41. The molecule has 0 fully saturated rings. The van der Waals surface area contributed by atoms with E-state index in [1.807, 2.05) is 12.1 Å². The zero-order valence-corrected chi connectivity index (χ0v) is 11.7.